The summed E-state index contributed by atoms with van der Waals surface area (Å²) in [6.07, 6.45) is -4.47. The van der Waals surface area contributed by atoms with Crippen LogP contribution in [0.25, 0.3) is 22.0 Å². The number of hydrogen-bond acceptors (Lipinski definition) is 3. The molecule has 50 heavy (non-hydrogen) atoms. The van der Waals surface area contributed by atoms with Gasteiger partial charge in [-0.2, -0.15) is 13.2 Å². The molecule has 0 aliphatic heterocycles. The molecule has 0 fully saturated rings. The number of hydrogen-bond donors (Lipinski definition) is 2. The van der Waals surface area contributed by atoms with Gasteiger partial charge in [0.1, 0.15) is 11.7 Å². The van der Waals surface area contributed by atoms with Gasteiger partial charge < -0.3 is 20.1 Å². The van der Waals surface area contributed by atoms with Gasteiger partial charge in [-0.1, -0.05) is 91.0 Å². The molecule has 6 aromatic rings. The summed E-state index contributed by atoms with van der Waals surface area (Å²) in [6.45, 7) is 0.371. The van der Waals surface area contributed by atoms with Crippen LogP contribution in [0.4, 0.5) is 18.9 Å². The van der Waals surface area contributed by atoms with Crippen LogP contribution in [0, 0.1) is 0 Å². The van der Waals surface area contributed by atoms with E-state index in [2.05, 4.69) is 10.6 Å². The number of carbonyl (C=O) groups is 3. The highest BCUT2D eigenvalue weighted by molar-refractivity contribution is 6.09. The van der Waals surface area contributed by atoms with Crippen molar-refractivity contribution in [3.05, 3.63) is 161 Å². The summed E-state index contributed by atoms with van der Waals surface area (Å²) in [7, 11) is 3.45. The average Bonchev–Trinajstić information content (AvgIpc) is 3.46. The molecule has 10 heteroatoms. The van der Waals surface area contributed by atoms with Crippen molar-refractivity contribution in [3.8, 4) is 11.1 Å². The number of benzene rings is 5. The van der Waals surface area contributed by atoms with Crippen LogP contribution < -0.4 is 10.6 Å². The third-order valence-corrected chi connectivity index (χ3v) is 8.52. The highest BCUT2D eigenvalue weighted by Crippen LogP contribution is 2.32. The molecule has 0 aliphatic rings. The number of amides is 3. The molecule has 2 N–H and O–H groups in total. The normalized spacial score (nSPS) is 11.9. The van der Waals surface area contributed by atoms with E-state index < -0.39 is 29.6 Å². The molecule has 0 saturated carbocycles. The van der Waals surface area contributed by atoms with Gasteiger partial charge in [-0.15, -0.1) is 0 Å². The van der Waals surface area contributed by atoms with Gasteiger partial charge >= 0.3 is 6.18 Å². The molecule has 0 unspecified atom stereocenters. The molecule has 252 valence electrons. The lowest BCUT2D eigenvalue weighted by molar-refractivity contribution is -0.137. The summed E-state index contributed by atoms with van der Waals surface area (Å²) in [4.78, 5) is 42.5. The first-order chi connectivity index (χ1) is 24.0. The standard InChI is InChI=1S/C40H33F3N4O3/c1-46(25-26-11-5-3-6-12-26)39(50)36(28-13-7-4-8-14-28)45-38(49)35-24-29-23-31(21-22-34(29)47(35)2)44-37(48)33-16-10-9-15-32(33)27-17-19-30(20-18-27)40(41,42)43/h3-24,36H,25H2,1-2H3,(H,44,48)(H,45,49)/t36-/m1/s1. The average molecular weight is 675 g/mol. The van der Waals surface area contributed by atoms with Gasteiger partial charge in [-0.05, 0) is 64.7 Å². The molecular weight excluding hydrogens is 641 g/mol. The van der Waals surface area contributed by atoms with Gasteiger partial charge in [0, 0.05) is 42.8 Å². The number of likely N-dealkylation sites (N-methyl/N-ethyl adjacent to an activating group) is 1. The van der Waals surface area contributed by atoms with Gasteiger partial charge in [-0.25, -0.2) is 0 Å². The molecular formula is C40H33F3N4O3. The number of halogens is 3. The van der Waals surface area contributed by atoms with Crippen LogP contribution >= 0.6 is 0 Å². The first-order valence-corrected chi connectivity index (χ1v) is 15.8. The topological polar surface area (TPSA) is 83.4 Å². The lowest BCUT2D eigenvalue weighted by Gasteiger charge is -2.25. The Bertz CT molecular complexity index is 2160. The van der Waals surface area contributed by atoms with Crippen LogP contribution in [-0.2, 0) is 24.6 Å². The number of anilines is 1. The molecule has 0 saturated heterocycles. The number of aryl methyl sites for hydroxylation is 1. The fraction of sp³-hybridized carbons (Fsp3) is 0.125. The molecule has 0 bridgehead atoms. The molecule has 1 aromatic heterocycles. The van der Waals surface area contributed by atoms with Crippen LogP contribution in [0.2, 0.25) is 0 Å². The van der Waals surface area contributed by atoms with Crippen LogP contribution in [-0.4, -0.2) is 34.2 Å². The summed E-state index contributed by atoms with van der Waals surface area (Å²) in [5, 5.41) is 6.49. The first kappa shape index (κ1) is 33.7. The Labute approximate surface area is 287 Å². The number of aromatic nitrogens is 1. The summed E-state index contributed by atoms with van der Waals surface area (Å²) in [5.74, 6) is -1.17. The molecule has 3 amide bonds. The van der Waals surface area contributed by atoms with E-state index in [0.29, 0.717) is 40.0 Å². The van der Waals surface area contributed by atoms with Crippen molar-refractivity contribution >= 4 is 34.3 Å². The van der Waals surface area contributed by atoms with E-state index in [1.165, 1.54) is 12.1 Å². The Hall–Kier alpha value is -6.16. The van der Waals surface area contributed by atoms with E-state index in [1.54, 1.807) is 84.2 Å². The van der Waals surface area contributed by atoms with E-state index in [9.17, 15) is 27.6 Å². The lowest BCUT2D eigenvalue weighted by Crippen LogP contribution is -2.41. The second kappa shape index (κ2) is 14.1. The Morgan fingerprint density at radius 3 is 2.08 bits per heavy atom. The molecule has 1 heterocycles. The highest BCUT2D eigenvalue weighted by Gasteiger charge is 2.30. The van der Waals surface area contributed by atoms with Crippen LogP contribution in [0.1, 0.15) is 43.6 Å². The Balaban J connectivity index is 1.22. The van der Waals surface area contributed by atoms with Crippen molar-refractivity contribution < 1.29 is 27.6 Å². The third kappa shape index (κ3) is 7.29. The zero-order valence-electron chi connectivity index (χ0n) is 27.2. The summed E-state index contributed by atoms with van der Waals surface area (Å²) in [6, 6.07) is 36.0. The first-order valence-electron chi connectivity index (χ1n) is 15.8. The zero-order chi connectivity index (χ0) is 35.4. The second-order valence-corrected chi connectivity index (χ2v) is 11.9. The second-order valence-electron chi connectivity index (χ2n) is 11.9. The van der Waals surface area contributed by atoms with E-state index >= 15 is 0 Å². The Morgan fingerprint density at radius 2 is 1.40 bits per heavy atom. The number of nitrogens with zero attached hydrogens (tertiary/aromatic N) is 2. The van der Waals surface area contributed by atoms with E-state index in [-0.39, 0.29) is 11.5 Å². The van der Waals surface area contributed by atoms with Gasteiger partial charge in [0.2, 0.25) is 5.91 Å². The largest absolute Gasteiger partial charge is 0.416 e. The van der Waals surface area contributed by atoms with Crippen LogP contribution in [0.3, 0.4) is 0 Å². The summed E-state index contributed by atoms with van der Waals surface area (Å²) < 4.78 is 41.0. The van der Waals surface area contributed by atoms with Crippen molar-refractivity contribution in [2.24, 2.45) is 7.05 Å². The van der Waals surface area contributed by atoms with Crippen molar-refractivity contribution in [1.29, 1.82) is 0 Å². The number of fused-ring (bicyclic) bond motifs is 1. The predicted octanol–water partition coefficient (Wildman–Crippen LogP) is 8.25. The molecule has 5 aromatic carbocycles. The quantitative estimate of drug-likeness (QED) is 0.162. The fourth-order valence-electron chi connectivity index (χ4n) is 5.91. The van der Waals surface area contributed by atoms with E-state index in [0.717, 1.165) is 23.2 Å². The fourth-order valence-corrected chi connectivity index (χ4v) is 5.91. The van der Waals surface area contributed by atoms with Gasteiger partial charge in [0.05, 0.1) is 5.56 Å². The molecule has 7 nitrogen and oxygen atoms in total. The molecule has 6 rings (SSSR count). The van der Waals surface area contributed by atoms with Crippen molar-refractivity contribution in [2.75, 3.05) is 12.4 Å². The van der Waals surface area contributed by atoms with Gasteiger partial charge in [0.15, 0.2) is 0 Å². The summed E-state index contributed by atoms with van der Waals surface area (Å²) in [5.41, 5.74) is 3.57. The lowest BCUT2D eigenvalue weighted by atomic mass is 9.98. The maximum atomic E-state index is 13.8. The Morgan fingerprint density at radius 1 is 0.760 bits per heavy atom. The molecule has 0 aliphatic carbocycles. The minimum atomic E-state index is -4.47. The third-order valence-electron chi connectivity index (χ3n) is 8.52. The van der Waals surface area contributed by atoms with E-state index in [4.69, 9.17) is 0 Å². The van der Waals surface area contributed by atoms with Crippen molar-refractivity contribution in [3.63, 3.8) is 0 Å². The number of rotatable bonds is 9. The van der Waals surface area contributed by atoms with Gasteiger partial charge in [0.25, 0.3) is 11.8 Å². The maximum absolute atomic E-state index is 13.8. The Kier molecular flexibility index (Phi) is 9.54. The number of nitrogens with one attached hydrogen (secondary N) is 2. The molecule has 1 atom stereocenters. The van der Waals surface area contributed by atoms with Crippen molar-refractivity contribution in [2.45, 2.75) is 18.8 Å². The smallest absolute Gasteiger partial charge is 0.340 e. The predicted molar refractivity (Wildman–Crippen MR) is 187 cm³/mol. The molecule has 0 spiro atoms. The molecule has 0 radical (unpaired) electrons. The zero-order valence-corrected chi connectivity index (χ0v) is 27.2. The van der Waals surface area contributed by atoms with Gasteiger partial charge in [-0.3, -0.25) is 14.4 Å². The highest BCUT2D eigenvalue weighted by atomic mass is 19.4. The SMILES string of the molecule is CN(Cc1ccccc1)C(=O)[C@H](NC(=O)c1cc2cc(NC(=O)c3ccccc3-c3ccc(C(F)(F)F)cc3)ccc2n1C)c1ccccc1. The monoisotopic (exact) mass is 674 g/mol. The number of carbonyl (C=O) groups excluding carboxylic acids is 3. The van der Waals surface area contributed by atoms with E-state index in [1.807, 2.05) is 48.5 Å². The van der Waals surface area contributed by atoms with Crippen LogP contribution in [0.5, 0.6) is 0 Å². The minimum Gasteiger partial charge on any atom is -0.340 e. The summed E-state index contributed by atoms with van der Waals surface area (Å²) >= 11 is 0. The van der Waals surface area contributed by atoms with Crippen molar-refractivity contribution in [1.82, 2.24) is 14.8 Å². The van der Waals surface area contributed by atoms with Crippen LogP contribution in [0.15, 0.2) is 133 Å². The minimum absolute atomic E-state index is 0.270. The maximum Gasteiger partial charge on any atom is 0.416 e. The number of alkyl halides is 3.